The molecule has 0 aromatic carbocycles. The molecular weight excluding hydrogens is 268 g/mol. The standard InChI is InChI=1S/C12H20N2O2S2/c15-9-5-1-3-7-11(13-9)17-18-12-8-4-2-6-10(16)14-12/h11-12H,1-8H2,(H,13,15)(H,14,16). The highest BCUT2D eigenvalue weighted by Gasteiger charge is 2.21. The number of rotatable bonds is 3. The van der Waals surface area contributed by atoms with Crippen molar-refractivity contribution in [3.05, 3.63) is 0 Å². The van der Waals surface area contributed by atoms with Crippen molar-refractivity contribution in [2.24, 2.45) is 0 Å². The molecule has 2 atom stereocenters. The van der Waals surface area contributed by atoms with E-state index in [4.69, 9.17) is 0 Å². The summed E-state index contributed by atoms with van der Waals surface area (Å²) in [7, 11) is 3.40. The lowest BCUT2D eigenvalue weighted by molar-refractivity contribution is -0.121. The minimum Gasteiger partial charge on any atom is -0.344 e. The van der Waals surface area contributed by atoms with Crippen LogP contribution in [0.25, 0.3) is 0 Å². The minimum absolute atomic E-state index is 0.163. The van der Waals surface area contributed by atoms with Crippen LogP contribution < -0.4 is 10.6 Å². The predicted molar refractivity (Wildman–Crippen MR) is 76.0 cm³/mol. The zero-order chi connectivity index (χ0) is 12.8. The molecule has 4 nitrogen and oxygen atoms in total. The highest BCUT2D eigenvalue weighted by atomic mass is 33.1. The SMILES string of the molecule is O=C1CCCCC(SSC2CCCCC(=O)N2)N1. The van der Waals surface area contributed by atoms with Gasteiger partial charge in [-0.1, -0.05) is 21.6 Å². The summed E-state index contributed by atoms with van der Waals surface area (Å²) in [5.74, 6) is 0.325. The van der Waals surface area contributed by atoms with E-state index < -0.39 is 0 Å². The van der Waals surface area contributed by atoms with E-state index in [0.717, 1.165) is 38.5 Å². The van der Waals surface area contributed by atoms with Gasteiger partial charge in [0.15, 0.2) is 0 Å². The second-order valence-corrected chi connectivity index (χ2v) is 7.47. The second-order valence-electron chi connectivity index (χ2n) is 4.80. The topological polar surface area (TPSA) is 58.2 Å². The van der Waals surface area contributed by atoms with Crippen LogP contribution in [0.1, 0.15) is 51.4 Å². The van der Waals surface area contributed by atoms with E-state index in [1.165, 1.54) is 0 Å². The monoisotopic (exact) mass is 288 g/mol. The van der Waals surface area contributed by atoms with Crippen molar-refractivity contribution in [2.75, 3.05) is 0 Å². The smallest absolute Gasteiger partial charge is 0.220 e. The molecule has 2 aliphatic heterocycles. The largest absolute Gasteiger partial charge is 0.344 e. The summed E-state index contributed by atoms with van der Waals surface area (Å²) in [5.41, 5.74) is 0. The van der Waals surface area contributed by atoms with E-state index >= 15 is 0 Å². The molecule has 0 aromatic rings. The summed E-state index contributed by atoms with van der Waals surface area (Å²) in [5, 5.41) is 6.47. The van der Waals surface area contributed by atoms with Gasteiger partial charge in [-0.2, -0.15) is 0 Å². The zero-order valence-electron chi connectivity index (χ0n) is 10.4. The van der Waals surface area contributed by atoms with Gasteiger partial charge in [0.05, 0.1) is 10.7 Å². The zero-order valence-corrected chi connectivity index (χ0v) is 12.1. The third-order valence-electron chi connectivity index (χ3n) is 3.17. The van der Waals surface area contributed by atoms with Gasteiger partial charge < -0.3 is 10.6 Å². The molecular formula is C12H20N2O2S2. The summed E-state index contributed by atoms with van der Waals surface area (Å²) in [6.07, 6.45) is 7.57. The first kappa shape index (κ1) is 14.1. The van der Waals surface area contributed by atoms with Crippen LogP contribution in [0.15, 0.2) is 0 Å². The van der Waals surface area contributed by atoms with Crippen LogP contribution >= 0.6 is 21.6 Å². The molecule has 2 amide bonds. The Kier molecular flexibility index (Phi) is 5.69. The van der Waals surface area contributed by atoms with Crippen molar-refractivity contribution in [1.29, 1.82) is 0 Å². The van der Waals surface area contributed by atoms with Gasteiger partial charge in [-0.05, 0) is 38.5 Å². The number of carbonyl (C=O) groups is 2. The number of hydrogen-bond donors (Lipinski definition) is 2. The van der Waals surface area contributed by atoms with Crippen molar-refractivity contribution >= 4 is 33.4 Å². The Bertz CT molecular complexity index is 282. The van der Waals surface area contributed by atoms with E-state index in [1.807, 2.05) is 0 Å². The Morgan fingerprint density at radius 3 is 1.67 bits per heavy atom. The number of nitrogens with one attached hydrogen (secondary N) is 2. The first-order valence-electron chi connectivity index (χ1n) is 6.65. The van der Waals surface area contributed by atoms with Gasteiger partial charge >= 0.3 is 0 Å². The fourth-order valence-electron chi connectivity index (χ4n) is 2.16. The van der Waals surface area contributed by atoms with Gasteiger partial charge in [0.1, 0.15) is 0 Å². The summed E-state index contributed by atoms with van der Waals surface area (Å²) < 4.78 is 0. The lowest BCUT2D eigenvalue weighted by atomic mass is 10.2. The summed E-state index contributed by atoms with van der Waals surface area (Å²) in [4.78, 5) is 22.9. The first-order chi connectivity index (χ1) is 8.74. The molecule has 0 aliphatic carbocycles. The highest BCUT2D eigenvalue weighted by Crippen LogP contribution is 2.35. The lowest BCUT2D eigenvalue weighted by Crippen LogP contribution is -2.32. The maximum atomic E-state index is 11.4. The summed E-state index contributed by atoms with van der Waals surface area (Å²) in [6, 6.07) is 0. The van der Waals surface area contributed by atoms with Crippen LogP contribution in [-0.4, -0.2) is 22.6 Å². The Balaban J connectivity index is 1.75. The van der Waals surface area contributed by atoms with Crippen LogP contribution in [0.4, 0.5) is 0 Å². The molecule has 0 bridgehead atoms. The molecule has 0 spiro atoms. The van der Waals surface area contributed by atoms with Crippen molar-refractivity contribution in [3.8, 4) is 0 Å². The Hall–Kier alpha value is -0.360. The third kappa shape index (κ3) is 4.72. The molecule has 2 fully saturated rings. The maximum Gasteiger partial charge on any atom is 0.220 e. The average Bonchev–Trinajstić information content (AvgIpc) is 2.67. The van der Waals surface area contributed by atoms with Gasteiger partial charge in [-0.25, -0.2) is 0 Å². The van der Waals surface area contributed by atoms with Crippen molar-refractivity contribution in [3.63, 3.8) is 0 Å². The summed E-state index contributed by atoms with van der Waals surface area (Å²) >= 11 is 0. The molecule has 2 rings (SSSR count). The molecule has 0 saturated carbocycles. The van der Waals surface area contributed by atoms with Crippen molar-refractivity contribution in [1.82, 2.24) is 10.6 Å². The maximum absolute atomic E-state index is 11.4. The molecule has 6 heteroatoms. The van der Waals surface area contributed by atoms with Crippen LogP contribution in [0.3, 0.4) is 0 Å². The molecule has 18 heavy (non-hydrogen) atoms. The quantitative estimate of drug-likeness (QED) is 0.783. The number of amides is 2. The Morgan fingerprint density at radius 2 is 1.22 bits per heavy atom. The second kappa shape index (κ2) is 7.28. The van der Waals surface area contributed by atoms with Crippen molar-refractivity contribution in [2.45, 2.75) is 62.1 Å². The van der Waals surface area contributed by atoms with Gasteiger partial charge in [0, 0.05) is 12.8 Å². The van der Waals surface area contributed by atoms with Gasteiger partial charge in [-0.3, -0.25) is 9.59 Å². The van der Waals surface area contributed by atoms with E-state index in [1.54, 1.807) is 21.6 Å². The number of carbonyl (C=O) groups excluding carboxylic acids is 2. The fraction of sp³-hybridized carbons (Fsp3) is 0.833. The third-order valence-corrected chi connectivity index (χ3v) is 6.18. The summed E-state index contributed by atoms with van der Waals surface area (Å²) in [6.45, 7) is 0. The minimum atomic E-state index is 0.163. The van der Waals surface area contributed by atoms with Gasteiger partial charge in [0.2, 0.25) is 11.8 Å². The van der Waals surface area contributed by atoms with Gasteiger partial charge in [-0.15, -0.1) is 0 Å². The predicted octanol–water partition coefficient (Wildman–Crippen LogP) is 2.40. The Morgan fingerprint density at radius 1 is 0.778 bits per heavy atom. The lowest BCUT2D eigenvalue weighted by Gasteiger charge is -2.19. The number of hydrogen-bond acceptors (Lipinski definition) is 4. The molecule has 2 saturated heterocycles. The molecule has 0 radical (unpaired) electrons. The first-order valence-corrected chi connectivity index (χ1v) is 8.92. The van der Waals surface area contributed by atoms with Gasteiger partial charge in [0.25, 0.3) is 0 Å². The van der Waals surface area contributed by atoms with E-state index in [0.29, 0.717) is 12.8 Å². The Labute approximate surface area is 116 Å². The molecule has 2 heterocycles. The molecule has 2 N–H and O–H groups in total. The van der Waals surface area contributed by atoms with E-state index in [2.05, 4.69) is 10.6 Å². The van der Waals surface area contributed by atoms with E-state index in [9.17, 15) is 9.59 Å². The van der Waals surface area contributed by atoms with Crippen LogP contribution in [-0.2, 0) is 9.59 Å². The molecule has 2 unspecified atom stereocenters. The highest BCUT2D eigenvalue weighted by molar-refractivity contribution is 8.77. The molecule has 102 valence electrons. The van der Waals surface area contributed by atoms with E-state index in [-0.39, 0.29) is 22.6 Å². The molecule has 2 aliphatic rings. The van der Waals surface area contributed by atoms with Crippen LogP contribution in [0, 0.1) is 0 Å². The molecule has 0 aromatic heterocycles. The van der Waals surface area contributed by atoms with Crippen LogP contribution in [0.2, 0.25) is 0 Å². The van der Waals surface area contributed by atoms with Crippen LogP contribution in [0.5, 0.6) is 0 Å². The normalized spacial score (nSPS) is 30.0. The fourth-order valence-corrected chi connectivity index (χ4v) is 4.98. The van der Waals surface area contributed by atoms with Crippen molar-refractivity contribution < 1.29 is 9.59 Å². The average molecular weight is 288 g/mol.